The van der Waals surface area contributed by atoms with Gasteiger partial charge in [-0.2, -0.15) is 0 Å². The molecule has 0 spiro atoms. The van der Waals surface area contributed by atoms with Gasteiger partial charge in [-0.1, -0.05) is 68.4 Å². The molecule has 0 bridgehead atoms. The summed E-state index contributed by atoms with van der Waals surface area (Å²) in [5, 5.41) is 0. The van der Waals surface area contributed by atoms with Gasteiger partial charge in [-0.3, -0.25) is 4.81 Å². The lowest BCUT2D eigenvalue weighted by molar-refractivity contribution is -0.657. The summed E-state index contributed by atoms with van der Waals surface area (Å²) in [5.74, 6) is 1.69. The highest BCUT2D eigenvalue weighted by Crippen LogP contribution is 2.46. The van der Waals surface area contributed by atoms with Crippen molar-refractivity contribution >= 4 is 35.3 Å². The van der Waals surface area contributed by atoms with Gasteiger partial charge in [0.15, 0.2) is 0 Å². The van der Waals surface area contributed by atoms with Crippen molar-refractivity contribution in [3.63, 3.8) is 0 Å². The van der Waals surface area contributed by atoms with Crippen LogP contribution in [0.1, 0.15) is 48.4 Å². The first kappa shape index (κ1) is 22.0. The van der Waals surface area contributed by atoms with E-state index in [1.54, 1.807) is 0 Å². The average Bonchev–Trinajstić information content (AvgIpc) is 3.22. The van der Waals surface area contributed by atoms with Crippen molar-refractivity contribution in [1.29, 1.82) is 0 Å². The van der Waals surface area contributed by atoms with Crippen LogP contribution in [-0.2, 0) is 19.9 Å². The molecule has 2 aliphatic heterocycles. The van der Waals surface area contributed by atoms with Crippen molar-refractivity contribution in [2.45, 2.75) is 46.0 Å². The lowest BCUT2D eigenvalue weighted by Gasteiger charge is -2.29. The summed E-state index contributed by atoms with van der Waals surface area (Å²) in [4.78, 5) is 5.21. The van der Waals surface area contributed by atoms with E-state index in [1.165, 1.54) is 50.6 Å². The van der Waals surface area contributed by atoms with Crippen molar-refractivity contribution in [2.75, 3.05) is 9.62 Å². The van der Waals surface area contributed by atoms with Crippen LogP contribution in [0.4, 0.5) is 22.9 Å². The molecule has 0 radical (unpaired) electrons. The summed E-state index contributed by atoms with van der Waals surface area (Å²) in [5.41, 5.74) is 11.0. The van der Waals surface area contributed by atoms with Gasteiger partial charge in [-0.05, 0) is 78.6 Å². The third-order valence-corrected chi connectivity index (χ3v) is 7.73. The van der Waals surface area contributed by atoms with Crippen LogP contribution >= 0.6 is 0 Å². The van der Waals surface area contributed by atoms with E-state index in [2.05, 4.69) is 127 Å². The summed E-state index contributed by atoms with van der Waals surface area (Å²) >= 11 is 0. The van der Waals surface area contributed by atoms with E-state index in [1.807, 2.05) is 0 Å². The molecule has 0 atom stereocenters. The SMILES string of the molecule is Cc1ccccc1N1B2c3c(cccc3C(C)C)CCCc3ccccc3N2c2ccc[n+](C)c21. The van der Waals surface area contributed by atoms with Crippen LogP contribution in [0.5, 0.6) is 0 Å². The number of fused-ring (bicyclic) bond motifs is 7. The predicted molar refractivity (Wildman–Crippen MR) is 147 cm³/mol. The van der Waals surface area contributed by atoms with Crippen LogP contribution < -0.4 is 19.7 Å². The third-order valence-electron chi connectivity index (χ3n) is 7.73. The predicted octanol–water partition coefficient (Wildman–Crippen LogP) is 6.12. The molecule has 0 fully saturated rings. The fourth-order valence-corrected chi connectivity index (χ4v) is 6.13. The van der Waals surface area contributed by atoms with Crippen molar-refractivity contribution < 1.29 is 4.57 Å². The minimum Gasteiger partial charge on any atom is -0.333 e. The Bertz CT molecular complexity index is 1410. The van der Waals surface area contributed by atoms with Gasteiger partial charge in [0.25, 0.3) is 5.82 Å². The molecule has 6 rings (SSSR count). The smallest absolute Gasteiger partial charge is 0.333 e. The Morgan fingerprint density at radius 2 is 1.43 bits per heavy atom. The highest BCUT2D eigenvalue weighted by Gasteiger charge is 2.54. The number of rotatable bonds is 2. The molecule has 0 aliphatic carbocycles. The second-order valence-electron chi connectivity index (χ2n) is 10.3. The first-order valence-electron chi connectivity index (χ1n) is 12.9. The number of hydrogen-bond acceptors (Lipinski definition) is 2. The average molecular weight is 458 g/mol. The van der Waals surface area contributed by atoms with Gasteiger partial charge in [0, 0.05) is 11.2 Å². The van der Waals surface area contributed by atoms with Gasteiger partial charge >= 0.3 is 6.98 Å². The molecule has 3 heterocycles. The minimum atomic E-state index is 0.0487. The number of anilines is 4. The minimum absolute atomic E-state index is 0.0487. The normalized spacial score (nSPS) is 14.6. The highest BCUT2D eigenvalue weighted by atomic mass is 15.4. The van der Waals surface area contributed by atoms with Gasteiger partial charge in [-0.15, -0.1) is 0 Å². The fraction of sp³-hybridized carbons (Fsp3) is 0.258. The number of para-hydroxylation sites is 2. The standard InChI is InChI=1S/C31H33BN3/c1-22(2)26-17-10-16-25-15-9-14-24-13-6-8-19-28(24)34-29-20-11-21-33(4)31(29)35(32(34)30(25)26)27-18-7-5-12-23(27)3/h5-8,10-13,16-22H,9,14-15H2,1-4H3/q+1. The Kier molecular flexibility index (Phi) is 5.40. The second-order valence-corrected chi connectivity index (χ2v) is 10.3. The van der Waals surface area contributed by atoms with E-state index < -0.39 is 0 Å². The van der Waals surface area contributed by atoms with Crippen LogP contribution in [0, 0.1) is 6.92 Å². The van der Waals surface area contributed by atoms with Crippen molar-refractivity contribution in [3.05, 3.63) is 107 Å². The zero-order chi connectivity index (χ0) is 24.1. The molecular weight excluding hydrogens is 425 g/mol. The van der Waals surface area contributed by atoms with Gasteiger partial charge < -0.3 is 4.81 Å². The van der Waals surface area contributed by atoms with E-state index in [0.717, 1.165) is 19.3 Å². The Labute approximate surface area is 209 Å². The van der Waals surface area contributed by atoms with Crippen LogP contribution in [0.25, 0.3) is 0 Å². The summed E-state index contributed by atoms with van der Waals surface area (Å²) in [6.07, 6.45) is 5.52. The first-order valence-corrected chi connectivity index (χ1v) is 12.9. The van der Waals surface area contributed by atoms with Gasteiger partial charge in [-0.25, -0.2) is 4.57 Å². The summed E-state index contributed by atoms with van der Waals surface area (Å²) in [7, 11) is 2.18. The van der Waals surface area contributed by atoms with E-state index in [9.17, 15) is 0 Å². The molecule has 3 nitrogen and oxygen atoms in total. The molecule has 0 N–H and O–H groups in total. The fourth-order valence-electron chi connectivity index (χ4n) is 6.13. The number of hydrogen-bond donors (Lipinski definition) is 0. The summed E-state index contributed by atoms with van der Waals surface area (Å²) in [6, 6.07) is 29.3. The quantitative estimate of drug-likeness (QED) is 0.265. The molecule has 0 saturated carbocycles. The van der Waals surface area contributed by atoms with E-state index in [0.29, 0.717) is 5.92 Å². The number of pyridine rings is 1. The molecule has 4 heteroatoms. The van der Waals surface area contributed by atoms with Crippen LogP contribution in [-0.4, -0.2) is 6.98 Å². The molecule has 0 amide bonds. The van der Waals surface area contributed by atoms with Crippen LogP contribution in [0.2, 0.25) is 0 Å². The maximum Gasteiger partial charge on any atom is 0.543 e. The molecule has 35 heavy (non-hydrogen) atoms. The van der Waals surface area contributed by atoms with Crippen molar-refractivity contribution in [3.8, 4) is 0 Å². The van der Waals surface area contributed by atoms with Gasteiger partial charge in [0.05, 0.1) is 13.2 Å². The lowest BCUT2D eigenvalue weighted by atomic mass is 9.59. The van der Waals surface area contributed by atoms with Crippen molar-refractivity contribution in [2.24, 2.45) is 7.05 Å². The Balaban J connectivity index is 1.75. The molecular formula is C31H33BN3+. The zero-order valence-electron chi connectivity index (χ0n) is 21.2. The topological polar surface area (TPSA) is 10.4 Å². The Hall–Kier alpha value is -3.53. The molecule has 0 saturated heterocycles. The molecule has 4 aromatic rings. The maximum atomic E-state index is 2.62. The maximum absolute atomic E-state index is 2.62. The number of aromatic nitrogens is 1. The highest BCUT2D eigenvalue weighted by molar-refractivity contribution is 6.85. The first-order chi connectivity index (χ1) is 17.1. The molecule has 3 aromatic carbocycles. The van der Waals surface area contributed by atoms with Gasteiger partial charge in [0.2, 0.25) is 0 Å². The largest absolute Gasteiger partial charge is 0.543 e. The summed E-state index contributed by atoms with van der Waals surface area (Å²) in [6.45, 7) is 6.95. The van der Waals surface area contributed by atoms with E-state index in [-0.39, 0.29) is 6.98 Å². The van der Waals surface area contributed by atoms with Crippen LogP contribution in [0.15, 0.2) is 85.1 Å². The molecule has 2 aliphatic rings. The number of benzene rings is 3. The molecule has 1 aromatic heterocycles. The van der Waals surface area contributed by atoms with Crippen molar-refractivity contribution in [1.82, 2.24) is 0 Å². The number of aryl methyl sites for hydroxylation is 4. The number of nitrogens with zero attached hydrogens (tertiary/aromatic N) is 3. The Morgan fingerprint density at radius 1 is 0.743 bits per heavy atom. The zero-order valence-corrected chi connectivity index (χ0v) is 21.2. The molecule has 174 valence electrons. The second kappa shape index (κ2) is 8.60. The monoisotopic (exact) mass is 458 g/mol. The van der Waals surface area contributed by atoms with Crippen LogP contribution in [0.3, 0.4) is 0 Å². The molecule has 0 unspecified atom stereocenters. The van der Waals surface area contributed by atoms with Gasteiger partial charge in [0.1, 0.15) is 11.4 Å². The lowest BCUT2D eigenvalue weighted by Crippen LogP contribution is -2.56. The van der Waals surface area contributed by atoms with E-state index in [4.69, 9.17) is 0 Å². The Morgan fingerprint density at radius 3 is 2.23 bits per heavy atom. The third kappa shape index (κ3) is 3.46. The summed E-state index contributed by atoms with van der Waals surface area (Å²) < 4.78 is 2.29. The van der Waals surface area contributed by atoms with E-state index >= 15 is 0 Å².